The fourth-order valence-corrected chi connectivity index (χ4v) is 2.95. The van der Waals surface area contributed by atoms with E-state index in [9.17, 15) is 15.0 Å². The second-order valence-electron chi connectivity index (χ2n) is 4.98. The predicted octanol–water partition coefficient (Wildman–Crippen LogP) is 1.35. The highest BCUT2D eigenvalue weighted by Crippen LogP contribution is 2.37. The van der Waals surface area contributed by atoms with Crippen LogP contribution >= 0.6 is 9.47 Å². The molecule has 1 unspecified atom stereocenters. The van der Waals surface area contributed by atoms with E-state index in [0.717, 1.165) is 6.42 Å². The molecule has 1 rings (SSSR count). The van der Waals surface area contributed by atoms with Gasteiger partial charge in [-0.25, -0.2) is 0 Å². The zero-order valence-corrected chi connectivity index (χ0v) is 12.1. The van der Waals surface area contributed by atoms with Crippen LogP contribution in [0.1, 0.15) is 32.1 Å². The predicted molar refractivity (Wildman–Crippen MR) is 74.5 cm³/mol. The van der Waals surface area contributed by atoms with E-state index in [1.807, 2.05) is 12.2 Å². The Morgan fingerprint density at radius 2 is 2.11 bits per heavy atom. The van der Waals surface area contributed by atoms with Crippen molar-refractivity contribution in [3.05, 3.63) is 12.2 Å². The van der Waals surface area contributed by atoms with Crippen LogP contribution in [0, 0.1) is 11.8 Å². The Bertz CT molecular complexity index is 307. The van der Waals surface area contributed by atoms with Gasteiger partial charge in [0.2, 0.25) is 0 Å². The monoisotopic (exact) mass is 290 g/mol. The van der Waals surface area contributed by atoms with Crippen molar-refractivity contribution in [3.8, 4) is 0 Å². The first-order valence-corrected chi connectivity index (χ1v) is 7.08. The molecule has 1 fully saturated rings. The van der Waals surface area contributed by atoms with Gasteiger partial charge in [-0.1, -0.05) is 12.2 Å². The van der Waals surface area contributed by atoms with Gasteiger partial charge in [0.05, 0.1) is 12.2 Å². The van der Waals surface area contributed by atoms with Gasteiger partial charge in [-0.15, -0.1) is 0 Å². The van der Waals surface area contributed by atoms with E-state index in [0.29, 0.717) is 19.3 Å². The molecule has 19 heavy (non-hydrogen) atoms. The Balaban J connectivity index is 2.34. The minimum Gasteiger partial charge on any atom is -0.481 e. The summed E-state index contributed by atoms with van der Waals surface area (Å²) in [7, 11) is 2.19. The summed E-state index contributed by atoms with van der Waals surface area (Å²) in [4.78, 5) is 10.3. The number of hydrogen-bond donors (Lipinski definition) is 3. The first-order chi connectivity index (χ1) is 9.10. The Hall–Kier alpha value is -0.480. The first kappa shape index (κ1) is 16.6. The van der Waals surface area contributed by atoms with Gasteiger partial charge in [-0.3, -0.25) is 4.79 Å². The summed E-state index contributed by atoms with van der Waals surface area (Å²) in [6, 6.07) is 0. The summed E-state index contributed by atoms with van der Waals surface area (Å²) in [5, 5.41) is 27.8. The van der Waals surface area contributed by atoms with E-state index >= 15 is 0 Å². The van der Waals surface area contributed by atoms with Gasteiger partial charge in [0.25, 0.3) is 0 Å². The number of aliphatic hydroxyl groups is 2. The first-order valence-electron chi connectivity index (χ1n) is 6.61. The molecule has 0 aliphatic heterocycles. The molecule has 0 bridgehead atoms. The topological polar surface area (TPSA) is 87.0 Å². The number of unbranched alkanes of at least 4 members (excludes halogenated alkanes) is 1. The minimum absolute atomic E-state index is 0.00581. The van der Waals surface area contributed by atoms with E-state index < -0.39 is 12.1 Å². The molecule has 0 radical (unpaired) electrons. The number of carboxylic acids is 1. The Morgan fingerprint density at radius 1 is 1.37 bits per heavy atom. The van der Waals surface area contributed by atoms with Crippen molar-refractivity contribution >= 4 is 15.4 Å². The van der Waals surface area contributed by atoms with E-state index in [4.69, 9.17) is 9.63 Å². The van der Waals surface area contributed by atoms with Crippen molar-refractivity contribution in [1.82, 2.24) is 0 Å². The number of rotatable bonds is 8. The third-order valence-electron chi connectivity index (χ3n) is 3.72. The normalized spacial score (nSPS) is 31.1. The molecule has 3 N–H and O–H groups in total. The maximum absolute atomic E-state index is 10.3. The molecule has 1 aliphatic rings. The van der Waals surface area contributed by atoms with Gasteiger partial charge in [0.15, 0.2) is 0 Å². The molecule has 110 valence electrons. The molecular formula is C13H23O5P. The average Bonchev–Trinajstić information content (AvgIpc) is 2.69. The molecule has 1 aliphatic carbocycles. The number of carbonyl (C=O) groups is 1. The number of allylic oxidation sites excluding steroid dienone is 2. The number of aliphatic hydroxyl groups excluding tert-OH is 2. The maximum Gasteiger partial charge on any atom is 0.303 e. The van der Waals surface area contributed by atoms with Crippen LogP contribution in [0.4, 0.5) is 0 Å². The minimum atomic E-state index is -0.777. The standard InChI is InChI=1S/C13H23O5P/c14-8-10-9(11(15)7-12(10)18-19)5-3-1-2-4-6-13(16)17/h1,3,9-12,14-15H,2,4-8,19H2,(H,16,17)/b3-1-/t9-,10-,11+,12-/m1/s1. The van der Waals surface area contributed by atoms with Gasteiger partial charge >= 0.3 is 5.97 Å². The second-order valence-corrected chi connectivity index (χ2v) is 5.25. The van der Waals surface area contributed by atoms with Crippen LogP contribution in [0.25, 0.3) is 0 Å². The molecule has 5 atom stereocenters. The molecule has 0 saturated heterocycles. The highest BCUT2D eigenvalue weighted by molar-refractivity contribution is 7.09. The average molecular weight is 290 g/mol. The third-order valence-corrected chi connectivity index (χ3v) is 4.07. The summed E-state index contributed by atoms with van der Waals surface area (Å²) in [6.45, 7) is 0.00759. The zero-order valence-electron chi connectivity index (χ0n) is 10.9. The van der Waals surface area contributed by atoms with Crippen molar-refractivity contribution in [2.24, 2.45) is 11.8 Å². The lowest BCUT2D eigenvalue weighted by Crippen LogP contribution is -2.25. The molecule has 0 aromatic carbocycles. The van der Waals surface area contributed by atoms with Crippen molar-refractivity contribution in [2.75, 3.05) is 6.61 Å². The Morgan fingerprint density at radius 3 is 2.68 bits per heavy atom. The van der Waals surface area contributed by atoms with Crippen molar-refractivity contribution < 1.29 is 24.6 Å². The molecule has 0 amide bonds. The molecule has 1 saturated carbocycles. The quantitative estimate of drug-likeness (QED) is 0.357. The summed E-state index contributed by atoms with van der Waals surface area (Å²) in [5.41, 5.74) is 0. The van der Waals surface area contributed by atoms with Crippen LogP contribution in [0.2, 0.25) is 0 Å². The molecule has 0 heterocycles. The SMILES string of the molecule is O=C(O)CCC/C=C\C[C@@H]1[C@@H](CO)[C@H](OP)C[C@@H]1O. The van der Waals surface area contributed by atoms with Gasteiger partial charge in [-0.05, 0) is 25.2 Å². The third kappa shape index (κ3) is 5.19. The van der Waals surface area contributed by atoms with Crippen molar-refractivity contribution in [1.29, 1.82) is 0 Å². The van der Waals surface area contributed by atoms with Crippen molar-refractivity contribution in [3.63, 3.8) is 0 Å². The largest absolute Gasteiger partial charge is 0.481 e. The van der Waals surface area contributed by atoms with E-state index in [2.05, 4.69) is 9.47 Å². The van der Waals surface area contributed by atoms with Crippen LogP contribution in [0.15, 0.2) is 12.2 Å². The maximum atomic E-state index is 10.3. The number of carboxylic acid groups (broad SMARTS) is 1. The lowest BCUT2D eigenvalue weighted by atomic mass is 9.91. The van der Waals surface area contributed by atoms with Gasteiger partial charge in [0, 0.05) is 34.8 Å². The number of aliphatic carboxylic acids is 1. The number of hydrogen-bond acceptors (Lipinski definition) is 4. The Kier molecular flexibility index (Phi) is 7.54. The van der Waals surface area contributed by atoms with E-state index in [1.165, 1.54) is 0 Å². The molecule has 0 aromatic heterocycles. The van der Waals surface area contributed by atoms with Crippen LogP contribution < -0.4 is 0 Å². The fourth-order valence-electron chi connectivity index (χ4n) is 2.63. The summed E-state index contributed by atoms with van der Waals surface area (Å²) < 4.78 is 5.19. The summed E-state index contributed by atoms with van der Waals surface area (Å²) >= 11 is 0. The van der Waals surface area contributed by atoms with Gasteiger partial charge in [0.1, 0.15) is 0 Å². The van der Waals surface area contributed by atoms with Crippen LogP contribution in [-0.4, -0.2) is 40.1 Å². The summed E-state index contributed by atoms with van der Waals surface area (Å²) in [6.07, 6.45) is 6.10. The van der Waals surface area contributed by atoms with Gasteiger partial charge < -0.3 is 19.8 Å². The molecule has 0 spiro atoms. The highest BCUT2D eigenvalue weighted by Gasteiger charge is 2.41. The lowest BCUT2D eigenvalue weighted by molar-refractivity contribution is -0.137. The van der Waals surface area contributed by atoms with E-state index in [1.54, 1.807) is 0 Å². The molecule has 5 nitrogen and oxygen atoms in total. The zero-order chi connectivity index (χ0) is 14.3. The molecular weight excluding hydrogens is 267 g/mol. The molecule has 6 heteroatoms. The summed E-state index contributed by atoms with van der Waals surface area (Å²) in [5.74, 6) is -0.817. The van der Waals surface area contributed by atoms with Crippen LogP contribution in [0.3, 0.4) is 0 Å². The highest BCUT2D eigenvalue weighted by atomic mass is 31.0. The van der Waals surface area contributed by atoms with Gasteiger partial charge in [-0.2, -0.15) is 0 Å². The lowest BCUT2D eigenvalue weighted by Gasteiger charge is -2.21. The van der Waals surface area contributed by atoms with E-state index in [-0.39, 0.29) is 31.0 Å². The van der Waals surface area contributed by atoms with Crippen LogP contribution in [0.5, 0.6) is 0 Å². The smallest absolute Gasteiger partial charge is 0.303 e. The Labute approximate surface area is 115 Å². The second kappa shape index (κ2) is 8.64. The molecule has 0 aromatic rings. The fraction of sp³-hybridized carbons (Fsp3) is 0.769. The van der Waals surface area contributed by atoms with Crippen molar-refractivity contribution in [2.45, 2.75) is 44.3 Å². The van der Waals surface area contributed by atoms with Crippen LogP contribution in [-0.2, 0) is 9.32 Å².